The molecule has 202 valence electrons. The van der Waals surface area contributed by atoms with Gasteiger partial charge in [0.1, 0.15) is 11.6 Å². The molecule has 8 heteroatoms. The van der Waals surface area contributed by atoms with E-state index in [2.05, 4.69) is 50.1 Å². The first-order chi connectivity index (χ1) is 17.6. The monoisotopic (exact) mass is 531 g/mol. The molecular formula is C29H39ClFN3O3. The van der Waals surface area contributed by atoms with E-state index >= 15 is 0 Å². The number of anilines is 1. The third-order valence-electron chi connectivity index (χ3n) is 6.08. The second kappa shape index (κ2) is 14.8. The van der Waals surface area contributed by atoms with Gasteiger partial charge in [0.2, 0.25) is 6.29 Å². The van der Waals surface area contributed by atoms with Gasteiger partial charge in [-0.3, -0.25) is 0 Å². The highest BCUT2D eigenvalue weighted by Gasteiger charge is 2.22. The highest BCUT2D eigenvalue weighted by molar-refractivity contribution is 6.31. The summed E-state index contributed by atoms with van der Waals surface area (Å²) < 4.78 is 19.4. The fraction of sp³-hybridized carbons (Fsp3) is 0.414. The molecule has 2 rings (SSSR count). The number of nitrogens with two attached hydrogens (primary N) is 1. The Morgan fingerprint density at radius 2 is 2.05 bits per heavy atom. The molecule has 6 nitrogen and oxygen atoms in total. The minimum Gasteiger partial charge on any atom is -0.507 e. The number of aromatic hydroxyl groups is 1. The Hall–Kier alpha value is -2.87. The zero-order valence-electron chi connectivity index (χ0n) is 22.0. The highest BCUT2D eigenvalue weighted by atomic mass is 35.5. The van der Waals surface area contributed by atoms with Crippen LogP contribution in [-0.2, 0) is 0 Å². The van der Waals surface area contributed by atoms with Crippen molar-refractivity contribution in [3.8, 4) is 11.5 Å². The van der Waals surface area contributed by atoms with E-state index in [-0.39, 0.29) is 17.1 Å². The van der Waals surface area contributed by atoms with Gasteiger partial charge in [-0.2, -0.15) is 0 Å². The first kappa shape index (κ1) is 30.4. The number of ether oxygens (including phenoxy) is 1. The summed E-state index contributed by atoms with van der Waals surface area (Å²) >= 11 is 5.92. The quantitative estimate of drug-likeness (QED) is 0.131. The molecule has 1 aromatic heterocycles. The number of hydrogen-bond donors (Lipinski definition) is 3. The number of phenolic OH excluding ortho intramolecular Hbond substituents is 1. The Morgan fingerprint density at radius 1 is 1.32 bits per heavy atom. The lowest BCUT2D eigenvalue weighted by atomic mass is 9.91. The molecule has 2 atom stereocenters. The van der Waals surface area contributed by atoms with Gasteiger partial charge in [0, 0.05) is 18.3 Å². The number of nitrogen functional groups attached to an aromatic ring is 1. The van der Waals surface area contributed by atoms with Crippen LogP contribution < -0.4 is 10.5 Å². The topological polar surface area (TPSA) is 91.8 Å². The van der Waals surface area contributed by atoms with E-state index < -0.39 is 22.9 Å². The fourth-order valence-electron chi connectivity index (χ4n) is 4.25. The average molecular weight is 532 g/mol. The Balaban J connectivity index is 2.15. The van der Waals surface area contributed by atoms with E-state index in [9.17, 15) is 14.6 Å². The summed E-state index contributed by atoms with van der Waals surface area (Å²) in [6, 6.07) is 3.71. The molecule has 0 saturated heterocycles. The van der Waals surface area contributed by atoms with Gasteiger partial charge < -0.3 is 25.6 Å². The van der Waals surface area contributed by atoms with Crippen molar-refractivity contribution in [2.24, 2.45) is 5.92 Å². The van der Waals surface area contributed by atoms with Crippen molar-refractivity contribution < 1.29 is 19.3 Å². The normalized spacial score (nSPS) is 13.4. The SMILES string of the molecule is C=C/C(=C\CC(CCC)CCCC(=C)CN(C)C)c1cnc(N)c(OC(O)c2c(O)ccc(F)c2Cl)c1. The van der Waals surface area contributed by atoms with E-state index in [0.29, 0.717) is 11.5 Å². The maximum Gasteiger partial charge on any atom is 0.229 e. The van der Waals surface area contributed by atoms with Crippen molar-refractivity contribution in [1.29, 1.82) is 0 Å². The number of nitrogens with zero attached hydrogens (tertiary/aromatic N) is 2. The molecule has 1 heterocycles. The predicted molar refractivity (Wildman–Crippen MR) is 150 cm³/mol. The van der Waals surface area contributed by atoms with Gasteiger partial charge in [0.05, 0.1) is 10.6 Å². The molecule has 0 saturated carbocycles. The molecule has 0 aliphatic rings. The van der Waals surface area contributed by atoms with Crippen LogP contribution in [0.3, 0.4) is 0 Å². The molecule has 0 aliphatic carbocycles. The number of aromatic nitrogens is 1. The third kappa shape index (κ3) is 9.18. The molecule has 0 aliphatic heterocycles. The van der Waals surface area contributed by atoms with Crippen molar-refractivity contribution in [2.45, 2.75) is 51.7 Å². The standard InChI is InChI=1S/C29H39ClFN3O3/c1-6-9-20(11-8-10-19(3)18-34(4)5)12-13-21(7-2)22-16-25(28(32)33-17-22)37-29(36)26-24(35)15-14-23(31)27(26)30/h7,13-17,20,29,35-36H,2-3,6,8-12,18H2,1,4-5H3,(H2,32,33)/b21-13+. The molecule has 2 unspecified atom stereocenters. The van der Waals surface area contributed by atoms with Crippen molar-refractivity contribution in [3.63, 3.8) is 0 Å². The molecular weight excluding hydrogens is 493 g/mol. The molecule has 37 heavy (non-hydrogen) atoms. The number of pyridine rings is 1. The van der Waals surface area contributed by atoms with Gasteiger partial charge in [0.25, 0.3) is 0 Å². The number of likely N-dealkylation sites (N-methyl/N-ethyl adjacent to an activating group) is 1. The van der Waals surface area contributed by atoms with Gasteiger partial charge >= 0.3 is 0 Å². The zero-order chi connectivity index (χ0) is 27.5. The van der Waals surface area contributed by atoms with Crippen LogP contribution in [0.4, 0.5) is 10.2 Å². The third-order valence-corrected chi connectivity index (χ3v) is 6.46. The van der Waals surface area contributed by atoms with E-state index in [1.54, 1.807) is 18.3 Å². The maximum absolute atomic E-state index is 13.9. The smallest absolute Gasteiger partial charge is 0.229 e. The lowest BCUT2D eigenvalue weighted by Gasteiger charge is -2.18. The molecule has 1 aromatic carbocycles. The summed E-state index contributed by atoms with van der Waals surface area (Å²) in [5.74, 6) is -0.565. The van der Waals surface area contributed by atoms with Gasteiger partial charge in [-0.15, -0.1) is 0 Å². The average Bonchev–Trinajstić information content (AvgIpc) is 2.83. The number of phenols is 1. The summed E-state index contributed by atoms with van der Waals surface area (Å²) in [6.45, 7) is 11.2. The first-order valence-corrected chi connectivity index (χ1v) is 12.9. The van der Waals surface area contributed by atoms with Crippen LogP contribution >= 0.6 is 11.6 Å². The molecule has 2 aromatic rings. The van der Waals surface area contributed by atoms with Crippen molar-refractivity contribution in [1.82, 2.24) is 9.88 Å². The number of aliphatic hydroxyl groups excluding tert-OH is 1. The lowest BCUT2D eigenvalue weighted by Crippen LogP contribution is -2.14. The predicted octanol–water partition coefficient (Wildman–Crippen LogP) is 6.90. The number of benzene rings is 1. The summed E-state index contributed by atoms with van der Waals surface area (Å²) in [4.78, 5) is 6.32. The van der Waals surface area contributed by atoms with Crippen molar-refractivity contribution >= 4 is 23.0 Å². The fourth-order valence-corrected chi connectivity index (χ4v) is 4.50. The number of allylic oxidation sites excluding steroid dienone is 3. The van der Waals surface area contributed by atoms with Gasteiger partial charge in [0.15, 0.2) is 11.6 Å². The molecule has 0 amide bonds. The van der Waals surface area contributed by atoms with Crippen LogP contribution in [0.25, 0.3) is 5.57 Å². The summed E-state index contributed by atoms with van der Waals surface area (Å²) in [5, 5.41) is 20.1. The number of aliphatic hydroxyl groups is 1. The van der Waals surface area contributed by atoms with Crippen molar-refractivity contribution in [3.05, 3.63) is 77.2 Å². The van der Waals surface area contributed by atoms with Crippen LogP contribution in [0.2, 0.25) is 5.02 Å². The van der Waals surface area contributed by atoms with E-state index in [0.717, 1.165) is 62.8 Å². The summed E-state index contributed by atoms with van der Waals surface area (Å²) in [7, 11) is 4.10. The van der Waals surface area contributed by atoms with Gasteiger partial charge in [-0.25, -0.2) is 9.37 Å². The first-order valence-electron chi connectivity index (χ1n) is 12.5. The van der Waals surface area contributed by atoms with Crippen LogP contribution in [-0.4, -0.2) is 40.7 Å². The van der Waals surface area contributed by atoms with E-state index in [1.165, 1.54) is 5.57 Å². The van der Waals surface area contributed by atoms with Gasteiger partial charge in [-0.05, 0) is 69.5 Å². The largest absolute Gasteiger partial charge is 0.507 e. The maximum atomic E-state index is 13.9. The van der Waals surface area contributed by atoms with Crippen LogP contribution in [0.5, 0.6) is 11.5 Å². The molecule has 0 fully saturated rings. The summed E-state index contributed by atoms with van der Waals surface area (Å²) in [6.07, 6.45) is 10.1. The van der Waals surface area contributed by atoms with Crippen LogP contribution in [0, 0.1) is 11.7 Å². The Kier molecular flexibility index (Phi) is 12.1. The number of rotatable bonds is 15. The van der Waals surface area contributed by atoms with Gasteiger partial charge in [-0.1, -0.05) is 62.2 Å². The molecule has 4 N–H and O–H groups in total. The highest BCUT2D eigenvalue weighted by Crippen LogP contribution is 2.36. The van der Waals surface area contributed by atoms with E-state index in [4.69, 9.17) is 22.1 Å². The summed E-state index contributed by atoms with van der Waals surface area (Å²) in [5.41, 5.74) is 8.48. The Bertz CT molecular complexity index is 1100. The lowest BCUT2D eigenvalue weighted by molar-refractivity contribution is -0.0207. The number of halogens is 2. The zero-order valence-corrected chi connectivity index (χ0v) is 22.8. The number of hydrogen-bond acceptors (Lipinski definition) is 6. The minimum atomic E-state index is -1.75. The van der Waals surface area contributed by atoms with Crippen molar-refractivity contribution in [2.75, 3.05) is 26.4 Å². The van der Waals surface area contributed by atoms with E-state index in [1.807, 2.05) is 0 Å². The Labute approximate surface area is 224 Å². The molecule has 0 spiro atoms. The second-order valence-electron chi connectivity index (χ2n) is 9.51. The Morgan fingerprint density at radius 3 is 2.70 bits per heavy atom. The minimum absolute atomic E-state index is 0.0278. The second-order valence-corrected chi connectivity index (χ2v) is 9.88. The molecule has 0 radical (unpaired) electrons. The van der Waals surface area contributed by atoms with Crippen LogP contribution in [0.15, 0.2) is 55.3 Å². The van der Waals surface area contributed by atoms with Crippen LogP contribution in [0.1, 0.15) is 62.9 Å². The molecule has 0 bridgehead atoms.